The van der Waals surface area contributed by atoms with Crippen LogP contribution in [-0.2, 0) is 19.1 Å². The van der Waals surface area contributed by atoms with E-state index < -0.39 is 29.8 Å². The van der Waals surface area contributed by atoms with E-state index in [1.807, 2.05) is 30.3 Å². The van der Waals surface area contributed by atoms with Crippen LogP contribution in [0.4, 0.5) is 0 Å². The molecular formula is C23H18ClNO5. The fourth-order valence-corrected chi connectivity index (χ4v) is 4.27. The predicted molar refractivity (Wildman–Crippen MR) is 111 cm³/mol. The molecule has 2 heterocycles. The number of hydrogen-bond donors (Lipinski definition) is 0. The van der Waals surface area contributed by atoms with Gasteiger partial charge in [0.2, 0.25) is 0 Å². The zero-order valence-corrected chi connectivity index (χ0v) is 17.1. The molecule has 30 heavy (non-hydrogen) atoms. The van der Waals surface area contributed by atoms with Crippen LogP contribution in [0, 0.1) is 0 Å². The molecule has 0 N–H and O–H groups in total. The van der Waals surface area contributed by atoms with Gasteiger partial charge < -0.3 is 14.4 Å². The number of Topliss-reactive ketones (excluding diaryl/α,β-unsaturated/α-hetero) is 1. The van der Waals surface area contributed by atoms with Crippen LogP contribution < -0.4 is 0 Å². The Kier molecular flexibility index (Phi) is 5.18. The molecule has 0 fully saturated rings. The molecule has 0 saturated heterocycles. The van der Waals surface area contributed by atoms with Crippen molar-refractivity contribution in [1.29, 1.82) is 0 Å². The molecule has 152 valence electrons. The summed E-state index contributed by atoms with van der Waals surface area (Å²) in [5.74, 6) is -1.86. The summed E-state index contributed by atoms with van der Waals surface area (Å²) in [5, 5.41) is 0.260. The lowest BCUT2D eigenvalue weighted by atomic mass is 9.91. The Morgan fingerprint density at radius 3 is 2.23 bits per heavy atom. The SMILES string of the molecule is COC(=O)C1=C(C(=O)OC)C2c3ccccc3C=CN2C1C(=O)c1ccccc1Cl. The van der Waals surface area contributed by atoms with E-state index in [9.17, 15) is 14.4 Å². The number of ether oxygens (including phenoxy) is 2. The van der Waals surface area contributed by atoms with Crippen LogP contribution in [0.2, 0.25) is 5.02 Å². The van der Waals surface area contributed by atoms with Crippen molar-refractivity contribution in [2.24, 2.45) is 0 Å². The lowest BCUT2D eigenvalue weighted by Crippen LogP contribution is -2.39. The number of halogens is 1. The number of fused-ring (bicyclic) bond motifs is 3. The fraction of sp³-hybridized carbons (Fsp3) is 0.174. The average Bonchev–Trinajstić information content (AvgIpc) is 3.13. The third kappa shape index (κ3) is 3.00. The number of hydrogen-bond acceptors (Lipinski definition) is 6. The highest BCUT2D eigenvalue weighted by Crippen LogP contribution is 2.47. The minimum Gasteiger partial charge on any atom is -0.466 e. The molecule has 0 spiro atoms. The van der Waals surface area contributed by atoms with Gasteiger partial charge in [0, 0.05) is 11.8 Å². The Bertz CT molecular complexity index is 1120. The Balaban J connectivity index is 1.97. The summed E-state index contributed by atoms with van der Waals surface area (Å²) in [6, 6.07) is 12.3. The van der Waals surface area contributed by atoms with Crippen molar-refractivity contribution in [3.63, 3.8) is 0 Å². The molecule has 0 aliphatic carbocycles. The zero-order chi connectivity index (χ0) is 21.4. The van der Waals surface area contributed by atoms with Crippen LogP contribution in [0.3, 0.4) is 0 Å². The van der Waals surface area contributed by atoms with E-state index in [-0.39, 0.29) is 21.7 Å². The number of benzene rings is 2. The maximum Gasteiger partial charge on any atom is 0.336 e. The van der Waals surface area contributed by atoms with E-state index >= 15 is 0 Å². The highest BCUT2D eigenvalue weighted by Gasteiger charge is 2.51. The van der Waals surface area contributed by atoms with Gasteiger partial charge in [0.15, 0.2) is 5.78 Å². The Morgan fingerprint density at radius 1 is 0.900 bits per heavy atom. The van der Waals surface area contributed by atoms with Crippen LogP contribution in [0.5, 0.6) is 0 Å². The second-order valence-corrected chi connectivity index (χ2v) is 7.26. The average molecular weight is 424 g/mol. The second-order valence-electron chi connectivity index (χ2n) is 6.85. The van der Waals surface area contributed by atoms with Gasteiger partial charge in [-0.2, -0.15) is 0 Å². The first-order chi connectivity index (χ1) is 14.5. The maximum atomic E-state index is 13.6. The molecule has 2 aromatic carbocycles. The van der Waals surface area contributed by atoms with E-state index in [2.05, 4.69) is 0 Å². The number of esters is 2. The number of carbonyl (C=O) groups is 3. The summed E-state index contributed by atoms with van der Waals surface area (Å²) in [6.45, 7) is 0. The Morgan fingerprint density at radius 2 is 1.53 bits per heavy atom. The van der Waals surface area contributed by atoms with Gasteiger partial charge >= 0.3 is 11.9 Å². The smallest absolute Gasteiger partial charge is 0.336 e. The molecule has 2 aromatic rings. The molecule has 2 aliphatic rings. The van der Waals surface area contributed by atoms with Crippen molar-refractivity contribution in [3.05, 3.63) is 87.6 Å². The molecule has 0 bridgehead atoms. The maximum absolute atomic E-state index is 13.6. The topological polar surface area (TPSA) is 72.9 Å². The van der Waals surface area contributed by atoms with E-state index in [1.54, 1.807) is 35.4 Å². The molecule has 0 radical (unpaired) electrons. The van der Waals surface area contributed by atoms with Crippen molar-refractivity contribution in [2.45, 2.75) is 12.1 Å². The van der Waals surface area contributed by atoms with Crippen LogP contribution >= 0.6 is 11.6 Å². The van der Waals surface area contributed by atoms with Crippen molar-refractivity contribution >= 4 is 35.4 Å². The molecule has 0 aromatic heterocycles. The summed E-state index contributed by atoms with van der Waals surface area (Å²) in [7, 11) is 2.45. The summed E-state index contributed by atoms with van der Waals surface area (Å²) >= 11 is 6.26. The predicted octanol–water partition coefficient (Wildman–Crippen LogP) is 3.58. The largest absolute Gasteiger partial charge is 0.466 e. The van der Waals surface area contributed by atoms with Gasteiger partial charge in [0.05, 0.1) is 36.4 Å². The highest BCUT2D eigenvalue weighted by molar-refractivity contribution is 6.34. The summed E-state index contributed by atoms with van der Waals surface area (Å²) in [5.41, 5.74) is 1.97. The van der Waals surface area contributed by atoms with Crippen molar-refractivity contribution in [1.82, 2.24) is 4.90 Å². The van der Waals surface area contributed by atoms with Gasteiger partial charge in [0.1, 0.15) is 6.04 Å². The van der Waals surface area contributed by atoms with Gasteiger partial charge in [-0.15, -0.1) is 0 Å². The van der Waals surface area contributed by atoms with Crippen LogP contribution in [0.25, 0.3) is 6.08 Å². The summed E-state index contributed by atoms with van der Waals surface area (Å²) in [6.07, 6.45) is 3.55. The Labute approximate surface area is 178 Å². The van der Waals surface area contributed by atoms with Crippen LogP contribution in [-0.4, -0.2) is 42.9 Å². The lowest BCUT2D eigenvalue weighted by Gasteiger charge is -2.34. The second kappa shape index (κ2) is 7.80. The third-order valence-corrected chi connectivity index (χ3v) is 5.68. The number of ketones is 1. The van der Waals surface area contributed by atoms with E-state index in [1.165, 1.54) is 14.2 Å². The standard InChI is InChI=1S/C23H18ClNO5/c1-29-22(27)17-18(23(28)30-2)20(21(26)15-9-5-6-10-16(15)24)25-12-11-13-7-3-4-8-14(13)19(17)25/h3-12,19-20H,1-2H3. The molecule has 2 aliphatic heterocycles. The summed E-state index contributed by atoms with van der Waals surface area (Å²) < 4.78 is 9.95. The first-order valence-corrected chi connectivity index (χ1v) is 9.61. The van der Waals surface area contributed by atoms with Crippen molar-refractivity contribution < 1.29 is 23.9 Å². The molecule has 0 saturated carbocycles. The normalized spacial score (nSPS) is 19.2. The van der Waals surface area contributed by atoms with Crippen molar-refractivity contribution in [3.8, 4) is 0 Å². The van der Waals surface area contributed by atoms with Gasteiger partial charge in [0.25, 0.3) is 0 Å². The first-order valence-electron chi connectivity index (χ1n) is 9.23. The highest BCUT2D eigenvalue weighted by atomic mass is 35.5. The third-order valence-electron chi connectivity index (χ3n) is 5.35. The zero-order valence-electron chi connectivity index (χ0n) is 16.3. The van der Waals surface area contributed by atoms with Crippen LogP contribution in [0.1, 0.15) is 27.5 Å². The lowest BCUT2D eigenvalue weighted by molar-refractivity contribution is -0.139. The molecule has 2 atom stereocenters. The number of nitrogens with zero attached hydrogens (tertiary/aromatic N) is 1. The van der Waals surface area contributed by atoms with Gasteiger partial charge in [-0.1, -0.05) is 48.0 Å². The van der Waals surface area contributed by atoms with Gasteiger partial charge in [-0.25, -0.2) is 9.59 Å². The summed E-state index contributed by atoms with van der Waals surface area (Å²) in [4.78, 5) is 40.9. The number of rotatable bonds is 4. The molecule has 4 rings (SSSR count). The quantitative estimate of drug-likeness (QED) is 0.553. The Hall–Kier alpha value is -3.38. The monoisotopic (exact) mass is 423 g/mol. The number of methoxy groups -OCH3 is 2. The molecule has 2 unspecified atom stereocenters. The van der Waals surface area contributed by atoms with Gasteiger partial charge in [-0.3, -0.25) is 4.79 Å². The van der Waals surface area contributed by atoms with E-state index in [0.717, 1.165) is 11.1 Å². The molecule has 6 nitrogen and oxygen atoms in total. The number of carbonyl (C=O) groups excluding carboxylic acids is 3. The molecule has 0 amide bonds. The molecule has 7 heteroatoms. The molecular weight excluding hydrogens is 406 g/mol. The van der Waals surface area contributed by atoms with Crippen LogP contribution in [0.15, 0.2) is 65.9 Å². The van der Waals surface area contributed by atoms with Crippen molar-refractivity contribution in [2.75, 3.05) is 14.2 Å². The van der Waals surface area contributed by atoms with E-state index in [4.69, 9.17) is 21.1 Å². The van der Waals surface area contributed by atoms with Gasteiger partial charge in [-0.05, 0) is 29.3 Å². The fourth-order valence-electron chi connectivity index (χ4n) is 4.05. The minimum atomic E-state index is -1.08. The van der Waals surface area contributed by atoms with E-state index in [0.29, 0.717) is 0 Å². The minimum absolute atomic E-state index is 0.0411. The first kappa shape index (κ1) is 19.9.